The van der Waals surface area contributed by atoms with E-state index in [-0.39, 0.29) is 0 Å². The highest BCUT2D eigenvalue weighted by atomic mass is 32.2. The van der Waals surface area contributed by atoms with Gasteiger partial charge < -0.3 is 5.73 Å². The summed E-state index contributed by atoms with van der Waals surface area (Å²) in [4.78, 5) is 2.74. The Balaban J connectivity index is 1.98. The van der Waals surface area contributed by atoms with Crippen LogP contribution in [0.4, 0.5) is 0 Å². The van der Waals surface area contributed by atoms with Crippen molar-refractivity contribution in [1.82, 2.24) is 4.90 Å². The molecule has 2 aliphatic rings. The molecule has 3 heteroatoms. The van der Waals surface area contributed by atoms with E-state index in [4.69, 9.17) is 5.73 Å². The molecule has 2 fully saturated rings. The zero-order valence-corrected chi connectivity index (χ0v) is 12.1. The van der Waals surface area contributed by atoms with Crippen LogP contribution in [-0.2, 0) is 0 Å². The molecule has 0 unspecified atom stereocenters. The molecule has 0 aromatic heterocycles. The van der Waals surface area contributed by atoms with E-state index in [2.05, 4.69) is 23.6 Å². The maximum Gasteiger partial charge on any atom is 0.0332 e. The Morgan fingerprint density at radius 1 is 1.24 bits per heavy atom. The predicted octanol–water partition coefficient (Wildman–Crippen LogP) is 2.72. The summed E-state index contributed by atoms with van der Waals surface area (Å²) in [6.45, 7) is 5.75. The lowest BCUT2D eigenvalue weighted by Gasteiger charge is -2.47. The van der Waals surface area contributed by atoms with Crippen molar-refractivity contribution in [3.05, 3.63) is 0 Å². The molecule has 1 aliphatic carbocycles. The smallest absolute Gasteiger partial charge is 0.0332 e. The van der Waals surface area contributed by atoms with Crippen LogP contribution in [0, 0.1) is 5.92 Å². The monoisotopic (exact) mass is 256 g/mol. The quantitative estimate of drug-likeness (QED) is 0.842. The molecule has 0 radical (unpaired) electrons. The van der Waals surface area contributed by atoms with Gasteiger partial charge in [-0.15, -0.1) is 0 Å². The third-order valence-electron chi connectivity index (χ3n) is 4.89. The van der Waals surface area contributed by atoms with Crippen LogP contribution in [-0.4, -0.2) is 41.6 Å². The first-order valence-corrected chi connectivity index (χ1v) is 8.49. The van der Waals surface area contributed by atoms with Crippen LogP contribution >= 0.6 is 11.8 Å². The summed E-state index contributed by atoms with van der Waals surface area (Å²) < 4.78 is 0. The molecule has 2 N–H and O–H groups in total. The minimum atomic E-state index is 0.358. The van der Waals surface area contributed by atoms with Gasteiger partial charge in [0.1, 0.15) is 0 Å². The SMILES string of the molecule is CCC1CCC(CN)(N2CCCSCC2)CC1. The Morgan fingerprint density at radius 2 is 2.00 bits per heavy atom. The van der Waals surface area contributed by atoms with Gasteiger partial charge in [0.25, 0.3) is 0 Å². The maximum atomic E-state index is 6.16. The van der Waals surface area contributed by atoms with Crippen molar-refractivity contribution < 1.29 is 0 Å². The number of hydrogen-bond acceptors (Lipinski definition) is 3. The molecule has 1 heterocycles. The van der Waals surface area contributed by atoms with Crippen LogP contribution in [0.3, 0.4) is 0 Å². The highest BCUT2D eigenvalue weighted by Gasteiger charge is 2.38. The van der Waals surface area contributed by atoms with Crippen LogP contribution in [0.5, 0.6) is 0 Å². The Bertz CT molecular complexity index is 216. The van der Waals surface area contributed by atoms with Gasteiger partial charge in [0.05, 0.1) is 0 Å². The third-order valence-corrected chi connectivity index (χ3v) is 5.93. The van der Waals surface area contributed by atoms with Crippen molar-refractivity contribution in [2.24, 2.45) is 11.7 Å². The minimum Gasteiger partial charge on any atom is -0.329 e. The first-order valence-electron chi connectivity index (χ1n) is 7.33. The summed E-state index contributed by atoms with van der Waals surface area (Å²) >= 11 is 2.12. The molecule has 1 saturated carbocycles. The molecule has 0 amide bonds. The molecule has 17 heavy (non-hydrogen) atoms. The summed E-state index contributed by atoms with van der Waals surface area (Å²) in [5.41, 5.74) is 6.52. The molecule has 2 nitrogen and oxygen atoms in total. The Hall–Kier alpha value is 0.270. The van der Waals surface area contributed by atoms with Crippen molar-refractivity contribution >= 4 is 11.8 Å². The Labute approximate surface area is 111 Å². The molecule has 0 spiro atoms. The lowest BCUT2D eigenvalue weighted by molar-refractivity contribution is 0.0481. The van der Waals surface area contributed by atoms with Gasteiger partial charge in [0, 0.05) is 24.4 Å². The van der Waals surface area contributed by atoms with Crippen LogP contribution in [0.1, 0.15) is 45.4 Å². The molecule has 0 aromatic carbocycles. The fraction of sp³-hybridized carbons (Fsp3) is 1.00. The second kappa shape index (κ2) is 6.44. The van der Waals surface area contributed by atoms with E-state index in [1.54, 1.807) is 0 Å². The van der Waals surface area contributed by atoms with Crippen molar-refractivity contribution in [3.8, 4) is 0 Å². The van der Waals surface area contributed by atoms with E-state index < -0.39 is 0 Å². The Kier molecular flexibility index (Phi) is 5.19. The molecule has 0 bridgehead atoms. The highest BCUT2D eigenvalue weighted by Crippen LogP contribution is 2.37. The van der Waals surface area contributed by atoms with Crippen LogP contribution < -0.4 is 5.73 Å². The van der Waals surface area contributed by atoms with Gasteiger partial charge in [-0.25, -0.2) is 0 Å². The summed E-state index contributed by atoms with van der Waals surface area (Å²) in [7, 11) is 0. The largest absolute Gasteiger partial charge is 0.329 e. The van der Waals surface area contributed by atoms with E-state index >= 15 is 0 Å². The van der Waals surface area contributed by atoms with E-state index in [1.807, 2.05) is 0 Å². The first kappa shape index (κ1) is 13.7. The Morgan fingerprint density at radius 3 is 2.65 bits per heavy atom. The zero-order chi connectivity index (χ0) is 12.1. The van der Waals surface area contributed by atoms with Crippen molar-refractivity contribution in [1.29, 1.82) is 0 Å². The molecule has 0 atom stereocenters. The van der Waals surface area contributed by atoms with Crippen LogP contribution in [0.2, 0.25) is 0 Å². The maximum absolute atomic E-state index is 6.16. The van der Waals surface area contributed by atoms with Gasteiger partial charge in [-0.05, 0) is 50.3 Å². The second-order valence-electron chi connectivity index (χ2n) is 5.73. The molecule has 0 aromatic rings. The van der Waals surface area contributed by atoms with Crippen molar-refractivity contribution in [3.63, 3.8) is 0 Å². The molecule has 1 aliphatic heterocycles. The summed E-state index contributed by atoms with van der Waals surface area (Å²) in [5, 5.41) is 0. The average Bonchev–Trinajstić information content (AvgIpc) is 2.68. The molecule has 1 saturated heterocycles. The predicted molar refractivity (Wildman–Crippen MR) is 77.5 cm³/mol. The first-order chi connectivity index (χ1) is 8.30. The zero-order valence-electron chi connectivity index (χ0n) is 11.3. The van der Waals surface area contributed by atoms with Gasteiger partial charge in [-0.2, -0.15) is 11.8 Å². The number of nitrogens with two attached hydrogens (primary N) is 1. The molecular weight excluding hydrogens is 228 g/mol. The summed E-state index contributed by atoms with van der Waals surface area (Å²) in [6.07, 6.45) is 8.19. The van der Waals surface area contributed by atoms with Gasteiger partial charge in [-0.3, -0.25) is 4.90 Å². The number of nitrogens with zero attached hydrogens (tertiary/aromatic N) is 1. The van der Waals surface area contributed by atoms with Gasteiger partial charge >= 0.3 is 0 Å². The molecule has 100 valence electrons. The summed E-state index contributed by atoms with van der Waals surface area (Å²) in [6, 6.07) is 0. The van der Waals surface area contributed by atoms with Crippen molar-refractivity contribution in [2.75, 3.05) is 31.1 Å². The fourth-order valence-electron chi connectivity index (χ4n) is 3.49. The van der Waals surface area contributed by atoms with Gasteiger partial charge in [0.15, 0.2) is 0 Å². The molecular formula is C14H28N2S. The number of thioether (sulfide) groups is 1. The van der Waals surface area contributed by atoms with Gasteiger partial charge in [-0.1, -0.05) is 13.3 Å². The lowest BCUT2D eigenvalue weighted by Crippen LogP contribution is -2.56. The molecule has 2 rings (SSSR count). The number of rotatable bonds is 3. The second-order valence-corrected chi connectivity index (χ2v) is 6.96. The highest BCUT2D eigenvalue weighted by molar-refractivity contribution is 7.99. The van der Waals surface area contributed by atoms with Crippen LogP contribution in [0.15, 0.2) is 0 Å². The normalized spacial score (nSPS) is 36.7. The van der Waals surface area contributed by atoms with E-state index in [0.29, 0.717) is 5.54 Å². The summed E-state index contributed by atoms with van der Waals surface area (Å²) in [5.74, 6) is 3.62. The van der Waals surface area contributed by atoms with E-state index in [9.17, 15) is 0 Å². The lowest BCUT2D eigenvalue weighted by atomic mass is 9.74. The fourth-order valence-corrected chi connectivity index (χ4v) is 4.38. The van der Waals surface area contributed by atoms with Crippen molar-refractivity contribution in [2.45, 2.75) is 51.0 Å². The van der Waals surface area contributed by atoms with Crippen LogP contribution in [0.25, 0.3) is 0 Å². The standard InChI is InChI=1S/C14H28N2S/c1-2-13-4-6-14(12-15,7-5-13)16-8-3-10-17-11-9-16/h13H,2-12,15H2,1H3. The average molecular weight is 256 g/mol. The van der Waals surface area contributed by atoms with E-state index in [1.165, 1.54) is 63.1 Å². The minimum absolute atomic E-state index is 0.358. The third kappa shape index (κ3) is 3.18. The van der Waals surface area contributed by atoms with Gasteiger partial charge in [0.2, 0.25) is 0 Å². The topological polar surface area (TPSA) is 29.3 Å². The number of hydrogen-bond donors (Lipinski definition) is 1. The van der Waals surface area contributed by atoms with E-state index in [0.717, 1.165) is 12.5 Å².